The summed E-state index contributed by atoms with van der Waals surface area (Å²) in [6, 6.07) is 19.4. The number of carbonyl (C=O) groups excluding carboxylic acids is 1. The molecule has 0 atom stereocenters. The van der Waals surface area contributed by atoms with Crippen molar-refractivity contribution in [3.8, 4) is 11.5 Å². The first-order valence-electron chi connectivity index (χ1n) is 8.60. The Labute approximate surface area is 172 Å². The van der Waals surface area contributed by atoms with Crippen molar-refractivity contribution in [3.05, 3.63) is 71.1 Å². The molecule has 1 aliphatic heterocycles. The van der Waals surface area contributed by atoms with E-state index in [-0.39, 0.29) is 5.91 Å². The molecule has 0 aromatic heterocycles. The largest absolute Gasteiger partial charge is 0.497 e. The third kappa shape index (κ3) is 3.25. The summed E-state index contributed by atoms with van der Waals surface area (Å²) in [7, 11) is 3.14. The number of hydrogen-bond acceptors (Lipinski definition) is 5. The van der Waals surface area contributed by atoms with Crippen molar-refractivity contribution in [2.75, 3.05) is 19.1 Å². The van der Waals surface area contributed by atoms with E-state index in [1.54, 1.807) is 32.4 Å². The molecule has 1 aliphatic rings. The summed E-state index contributed by atoms with van der Waals surface area (Å²) in [5.74, 6) is 1.02. The second kappa shape index (κ2) is 7.66. The van der Waals surface area contributed by atoms with Crippen LogP contribution in [0.1, 0.15) is 5.56 Å². The summed E-state index contributed by atoms with van der Waals surface area (Å²) in [5.41, 5.74) is 1.59. The predicted molar refractivity (Wildman–Crippen MR) is 119 cm³/mol. The number of carbonyl (C=O) groups is 1. The lowest BCUT2D eigenvalue weighted by molar-refractivity contribution is -0.113. The van der Waals surface area contributed by atoms with Crippen LogP contribution in [-0.2, 0) is 4.79 Å². The van der Waals surface area contributed by atoms with Crippen LogP contribution in [0.25, 0.3) is 16.8 Å². The van der Waals surface area contributed by atoms with E-state index in [9.17, 15) is 4.79 Å². The Morgan fingerprint density at radius 2 is 1.79 bits per heavy atom. The van der Waals surface area contributed by atoms with Gasteiger partial charge in [0, 0.05) is 6.07 Å². The van der Waals surface area contributed by atoms with Gasteiger partial charge in [0.15, 0.2) is 4.32 Å². The highest BCUT2D eigenvalue weighted by Crippen LogP contribution is 2.41. The highest BCUT2D eigenvalue weighted by atomic mass is 32.2. The number of thiocarbonyl (C=S) groups is 1. The van der Waals surface area contributed by atoms with Crippen LogP contribution in [0.2, 0.25) is 0 Å². The van der Waals surface area contributed by atoms with E-state index in [1.807, 2.05) is 30.3 Å². The van der Waals surface area contributed by atoms with E-state index in [1.165, 1.54) is 16.7 Å². The molecule has 6 heteroatoms. The van der Waals surface area contributed by atoms with Crippen molar-refractivity contribution >= 4 is 56.7 Å². The molecule has 1 saturated heterocycles. The van der Waals surface area contributed by atoms with Crippen LogP contribution in [0.3, 0.4) is 0 Å². The fourth-order valence-electron chi connectivity index (χ4n) is 3.16. The van der Waals surface area contributed by atoms with Crippen molar-refractivity contribution in [1.29, 1.82) is 0 Å². The van der Waals surface area contributed by atoms with Crippen molar-refractivity contribution in [2.45, 2.75) is 0 Å². The molecule has 3 aromatic rings. The number of hydrogen-bond donors (Lipinski definition) is 0. The zero-order chi connectivity index (χ0) is 19.7. The molecule has 140 valence electrons. The Morgan fingerprint density at radius 1 is 1.00 bits per heavy atom. The highest BCUT2D eigenvalue weighted by molar-refractivity contribution is 8.27. The standard InChI is InChI=1S/C22H17NO3S2/c1-25-16-10-11-18(19(13-16)26-2)23-21(24)20(28-22(23)27)12-15-8-5-7-14-6-3-4-9-17(14)15/h3-13H,1-2H3. The minimum absolute atomic E-state index is 0.161. The Hall–Kier alpha value is -2.83. The molecule has 1 amide bonds. The molecule has 3 aromatic carbocycles. The number of fused-ring (bicyclic) bond motifs is 1. The van der Waals surface area contributed by atoms with Gasteiger partial charge in [-0.2, -0.15) is 0 Å². The smallest absolute Gasteiger partial charge is 0.270 e. The molecular formula is C22H17NO3S2. The highest BCUT2D eigenvalue weighted by Gasteiger charge is 2.35. The van der Waals surface area contributed by atoms with Gasteiger partial charge in [0.25, 0.3) is 5.91 Å². The molecule has 1 heterocycles. The number of methoxy groups -OCH3 is 2. The molecule has 0 saturated carbocycles. The Morgan fingerprint density at radius 3 is 2.57 bits per heavy atom. The fraction of sp³-hybridized carbons (Fsp3) is 0.0909. The van der Waals surface area contributed by atoms with Crippen molar-refractivity contribution in [3.63, 3.8) is 0 Å². The molecule has 0 N–H and O–H groups in total. The van der Waals surface area contributed by atoms with Gasteiger partial charge in [0.1, 0.15) is 11.5 Å². The minimum atomic E-state index is -0.161. The molecule has 0 radical (unpaired) electrons. The van der Waals surface area contributed by atoms with Gasteiger partial charge in [-0.25, -0.2) is 0 Å². The van der Waals surface area contributed by atoms with Crippen LogP contribution in [-0.4, -0.2) is 24.4 Å². The van der Waals surface area contributed by atoms with E-state index in [2.05, 4.69) is 18.2 Å². The van der Waals surface area contributed by atoms with Crippen LogP contribution >= 0.6 is 24.0 Å². The number of nitrogens with zero attached hydrogens (tertiary/aromatic N) is 1. The van der Waals surface area contributed by atoms with Crippen molar-refractivity contribution < 1.29 is 14.3 Å². The quantitative estimate of drug-likeness (QED) is 0.436. The molecule has 0 bridgehead atoms. The molecule has 0 aliphatic carbocycles. The van der Waals surface area contributed by atoms with Gasteiger partial charge in [0.2, 0.25) is 0 Å². The zero-order valence-corrected chi connectivity index (χ0v) is 17.0. The Kier molecular flexibility index (Phi) is 5.07. The molecule has 0 spiro atoms. The SMILES string of the molecule is COc1ccc(N2C(=O)C(=Cc3cccc4ccccc34)SC2=S)c(OC)c1. The lowest BCUT2D eigenvalue weighted by Gasteiger charge is -2.18. The van der Waals surface area contributed by atoms with Crippen LogP contribution < -0.4 is 14.4 Å². The van der Waals surface area contributed by atoms with Crippen LogP contribution in [0, 0.1) is 0 Å². The first-order chi connectivity index (χ1) is 13.6. The Balaban J connectivity index is 1.74. The summed E-state index contributed by atoms with van der Waals surface area (Å²) in [6.45, 7) is 0. The van der Waals surface area contributed by atoms with Crippen molar-refractivity contribution in [2.24, 2.45) is 0 Å². The minimum Gasteiger partial charge on any atom is -0.497 e. The number of anilines is 1. The number of thioether (sulfide) groups is 1. The number of ether oxygens (including phenoxy) is 2. The number of rotatable bonds is 4. The maximum absolute atomic E-state index is 13.1. The zero-order valence-electron chi connectivity index (χ0n) is 15.3. The average molecular weight is 408 g/mol. The summed E-state index contributed by atoms with van der Waals surface area (Å²) in [5, 5.41) is 2.22. The van der Waals surface area contributed by atoms with Crippen LogP contribution in [0.5, 0.6) is 11.5 Å². The normalized spacial score (nSPS) is 15.5. The van der Waals surface area contributed by atoms with E-state index >= 15 is 0 Å². The average Bonchev–Trinajstić information content (AvgIpc) is 3.00. The lowest BCUT2D eigenvalue weighted by atomic mass is 10.0. The van der Waals surface area contributed by atoms with Gasteiger partial charge < -0.3 is 9.47 Å². The van der Waals surface area contributed by atoms with Gasteiger partial charge in [0.05, 0.1) is 24.8 Å². The van der Waals surface area contributed by atoms with E-state index in [0.29, 0.717) is 26.4 Å². The topological polar surface area (TPSA) is 38.8 Å². The van der Waals surface area contributed by atoms with Gasteiger partial charge in [-0.15, -0.1) is 0 Å². The molecular weight excluding hydrogens is 390 g/mol. The van der Waals surface area contributed by atoms with Gasteiger partial charge in [-0.1, -0.05) is 66.4 Å². The maximum atomic E-state index is 13.1. The predicted octanol–water partition coefficient (Wildman–Crippen LogP) is 5.26. The Bertz CT molecular complexity index is 1120. The summed E-state index contributed by atoms with van der Waals surface area (Å²) in [4.78, 5) is 15.2. The fourth-order valence-corrected chi connectivity index (χ4v) is 4.44. The van der Waals surface area contributed by atoms with Crippen LogP contribution in [0.4, 0.5) is 5.69 Å². The van der Waals surface area contributed by atoms with E-state index in [0.717, 1.165) is 16.3 Å². The van der Waals surface area contributed by atoms with Crippen LogP contribution in [0.15, 0.2) is 65.6 Å². The first kappa shape index (κ1) is 18.5. The van der Waals surface area contributed by atoms with Gasteiger partial charge in [-0.3, -0.25) is 9.69 Å². The summed E-state index contributed by atoms with van der Waals surface area (Å²) >= 11 is 6.79. The molecule has 28 heavy (non-hydrogen) atoms. The maximum Gasteiger partial charge on any atom is 0.270 e. The molecule has 4 nitrogen and oxygen atoms in total. The number of amides is 1. The molecule has 0 unspecified atom stereocenters. The second-order valence-electron chi connectivity index (χ2n) is 6.12. The number of benzene rings is 3. The second-order valence-corrected chi connectivity index (χ2v) is 7.80. The summed E-state index contributed by atoms with van der Waals surface area (Å²) in [6.07, 6.45) is 1.90. The molecule has 1 fully saturated rings. The lowest BCUT2D eigenvalue weighted by Crippen LogP contribution is -2.27. The van der Waals surface area contributed by atoms with E-state index in [4.69, 9.17) is 21.7 Å². The van der Waals surface area contributed by atoms with Gasteiger partial charge in [-0.05, 0) is 34.5 Å². The molecule has 4 rings (SSSR count). The third-order valence-corrected chi connectivity index (χ3v) is 5.83. The van der Waals surface area contributed by atoms with E-state index < -0.39 is 0 Å². The summed E-state index contributed by atoms with van der Waals surface area (Å²) < 4.78 is 11.2. The first-order valence-corrected chi connectivity index (χ1v) is 9.82. The monoisotopic (exact) mass is 407 g/mol. The third-order valence-electron chi connectivity index (χ3n) is 4.53. The van der Waals surface area contributed by atoms with Crippen molar-refractivity contribution in [1.82, 2.24) is 0 Å². The van der Waals surface area contributed by atoms with Gasteiger partial charge >= 0.3 is 0 Å².